The number of benzene rings is 1. The first kappa shape index (κ1) is 15.0. The van der Waals surface area contributed by atoms with Crippen LogP contribution in [0.2, 0.25) is 0 Å². The molecular formula is C13H18BrNO3. The van der Waals surface area contributed by atoms with Crippen molar-refractivity contribution >= 4 is 21.8 Å². The normalized spacial score (nSPS) is 11.9. The van der Waals surface area contributed by atoms with Crippen LogP contribution in [0.25, 0.3) is 0 Å². The van der Waals surface area contributed by atoms with Crippen LogP contribution in [0.1, 0.15) is 19.8 Å². The molecule has 4 nitrogen and oxygen atoms in total. The lowest BCUT2D eigenvalue weighted by Gasteiger charge is -2.10. The van der Waals surface area contributed by atoms with Crippen molar-refractivity contribution in [2.24, 2.45) is 0 Å². The van der Waals surface area contributed by atoms with Gasteiger partial charge < -0.3 is 15.2 Å². The van der Waals surface area contributed by atoms with Gasteiger partial charge in [0.05, 0.1) is 13.2 Å². The van der Waals surface area contributed by atoms with Gasteiger partial charge in [0.15, 0.2) is 0 Å². The summed E-state index contributed by atoms with van der Waals surface area (Å²) in [6.45, 7) is 2.22. The largest absolute Gasteiger partial charge is 0.494 e. The monoisotopic (exact) mass is 315 g/mol. The smallest absolute Gasteiger partial charge is 0.220 e. The summed E-state index contributed by atoms with van der Waals surface area (Å²) in [6, 6.07) is 7.37. The summed E-state index contributed by atoms with van der Waals surface area (Å²) in [5.41, 5.74) is 0. The van der Waals surface area contributed by atoms with Gasteiger partial charge in [0.2, 0.25) is 5.91 Å². The number of hydrogen-bond acceptors (Lipinski definition) is 3. The average molecular weight is 316 g/mol. The van der Waals surface area contributed by atoms with Crippen molar-refractivity contribution < 1.29 is 14.6 Å². The molecule has 0 bridgehead atoms. The first-order valence-corrected chi connectivity index (χ1v) is 6.69. The van der Waals surface area contributed by atoms with Crippen molar-refractivity contribution in [3.8, 4) is 5.75 Å². The van der Waals surface area contributed by atoms with Gasteiger partial charge in [-0.3, -0.25) is 4.79 Å². The Morgan fingerprint density at radius 2 is 2.11 bits per heavy atom. The van der Waals surface area contributed by atoms with Gasteiger partial charge in [0.25, 0.3) is 0 Å². The standard InChI is InChI=1S/C13H18BrNO3/c1-10(9-16)15-13(17)3-2-8-18-12-6-4-11(14)5-7-12/h4-7,10,16H,2-3,8-9H2,1H3,(H,15,17)/t10-/m1/s1. The SMILES string of the molecule is C[C@H](CO)NC(=O)CCCOc1ccc(Br)cc1. The third-order valence-electron chi connectivity index (χ3n) is 2.31. The zero-order chi connectivity index (χ0) is 13.4. The van der Waals surface area contributed by atoms with Gasteiger partial charge in [-0.15, -0.1) is 0 Å². The minimum atomic E-state index is -0.190. The number of rotatable bonds is 7. The van der Waals surface area contributed by atoms with Gasteiger partial charge in [-0.05, 0) is 37.6 Å². The van der Waals surface area contributed by atoms with E-state index in [1.54, 1.807) is 6.92 Å². The number of nitrogens with one attached hydrogen (secondary N) is 1. The number of amides is 1. The topological polar surface area (TPSA) is 58.6 Å². The molecule has 0 aromatic heterocycles. The maximum atomic E-state index is 11.4. The number of halogens is 1. The Kier molecular flexibility index (Phi) is 6.75. The number of aliphatic hydroxyl groups excluding tert-OH is 1. The van der Waals surface area contributed by atoms with Crippen molar-refractivity contribution in [1.29, 1.82) is 0 Å². The average Bonchev–Trinajstić information content (AvgIpc) is 2.36. The maximum absolute atomic E-state index is 11.4. The summed E-state index contributed by atoms with van der Waals surface area (Å²) in [4.78, 5) is 11.4. The van der Waals surface area contributed by atoms with Crippen LogP contribution in [0, 0.1) is 0 Å². The molecule has 0 aliphatic rings. The van der Waals surface area contributed by atoms with Crippen molar-refractivity contribution in [2.45, 2.75) is 25.8 Å². The third-order valence-corrected chi connectivity index (χ3v) is 2.84. The third kappa shape index (κ3) is 6.02. The molecular weight excluding hydrogens is 298 g/mol. The van der Waals surface area contributed by atoms with Crippen molar-refractivity contribution in [2.75, 3.05) is 13.2 Å². The van der Waals surface area contributed by atoms with E-state index in [0.29, 0.717) is 19.4 Å². The second kappa shape index (κ2) is 8.11. The fourth-order valence-corrected chi connectivity index (χ4v) is 1.61. The predicted octanol–water partition coefficient (Wildman–Crippen LogP) is 2.11. The minimum Gasteiger partial charge on any atom is -0.494 e. The molecule has 0 spiro atoms. The van der Waals surface area contributed by atoms with Gasteiger partial charge in [-0.1, -0.05) is 15.9 Å². The molecule has 5 heteroatoms. The maximum Gasteiger partial charge on any atom is 0.220 e. The summed E-state index contributed by atoms with van der Waals surface area (Å²) in [5.74, 6) is 0.735. The van der Waals surface area contributed by atoms with E-state index in [2.05, 4.69) is 21.2 Å². The molecule has 0 saturated heterocycles. The second-order valence-corrected chi connectivity index (χ2v) is 4.97. The second-order valence-electron chi connectivity index (χ2n) is 4.06. The lowest BCUT2D eigenvalue weighted by molar-refractivity contribution is -0.122. The zero-order valence-corrected chi connectivity index (χ0v) is 11.9. The van der Waals surface area contributed by atoms with E-state index in [1.807, 2.05) is 24.3 Å². The number of carbonyl (C=O) groups is 1. The molecule has 1 aromatic carbocycles. The highest BCUT2D eigenvalue weighted by Crippen LogP contribution is 2.16. The summed E-state index contributed by atoms with van der Waals surface area (Å²) >= 11 is 3.35. The fourth-order valence-electron chi connectivity index (χ4n) is 1.35. The van der Waals surface area contributed by atoms with E-state index < -0.39 is 0 Å². The number of ether oxygens (including phenoxy) is 1. The highest BCUT2D eigenvalue weighted by atomic mass is 79.9. The lowest BCUT2D eigenvalue weighted by Crippen LogP contribution is -2.34. The van der Waals surface area contributed by atoms with Gasteiger partial charge in [-0.2, -0.15) is 0 Å². The molecule has 0 saturated carbocycles. The van der Waals surface area contributed by atoms with Gasteiger partial charge >= 0.3 is 0 Å². The molecule has 0 fully saturated rings. The summed E-state index contributed by atoms with van der Waals surface area (Å²) in [6.07, 6.45) is 1.06. The van der Waals surface area contributed by atoms with Crippen LogP contribution < -0.4 is 10.1 Å². The van der Waals surface area contributed by atoms with Gasteiger partial charge in [0, 0.05) is 16.9 Å². The Morgan fingerprint density at radius 3 is 2.72 bits per heavy atom. The zero-order valence-electron chi connectivity index (χ0n) is 10.4. The highest BCUT2D eigenvalue weighted by Gasteiger charge is 2.05. The van der Waals surface area contributed by atoms with E-state index in [-0.39, 0.29) is 18.6 Å². The fraction of sp³-hybridized carbons (Fsp3) is 0.462. The van der Waals surface area contributed by atoms with Gasteiger partial charge in [0.1, 0.15) is 5.75 Å². The molecule has 1 atom stereocenters. The Bertz CT molecular complexity index is 367. The molecule has 1 rings (SSSR count). The Hall–Kier alpha value is -1.07. The van der Waals surface area contributed by atoms with Crippen LogP contribution in [-0.4, -0.2) is 30.3 Å². The van der Waals surface area contributed by atoms with Crippen LogP contribution in [0.4, 0.5) is 0 Å². The summed E-state index contributed by atoms with van der Waals surface area (Å²) in [7, 11) is 0. The van der Waals surface area contributed by atoms with E-state index in [0.717, 1.165) is 10.2 Å². The van der Waals surface area contributed by atoms with E-state index in [1.165, 1.54) is 0 Å². The number of hydrogen-bond donors (Lipinski definition) is 2. The van der Waals surface area contributed by atoms with Crippen LogP contribution in [-0.2, 0) is 4.79 Å². The minimum absolute atomic E-state index is 0.0405. The Balaban J connectivity index is 2.15. The van der Waals surface area contributed by atoms with Crippen LogP contribution >= 0.6 is 15.9 Å². The van der Waals surface area contributed by atoms with Crippen LogP contribution in [0.15, 0.2) is 28.7 Å². The van der Waals surface area contributed by atoms with E-state index in [4.69, 9.17) is 9.84 Å². The highest BCUT2D eigenvalue weighted by molar-refractivity contribution is 9.10. The van der Waals surface area contributed by atoms with Crippen LogP contribution in [0.3, 0.4) is 0 Å². The molecule has 1 amide bonds. The molecule has 0 aliphatic heterocycles. The van der Waals surface area contributed by atoms with E-state index >= 15 is 0 Å². The summed E-state index contributed by atoms with van der Waals surface area (Å²) in [5, 5.41) is 11.5. The molecule has 0 heterocycles. The predicted molar refractivity (Wildman–Crippen MR) is 73.6 cm³/mol. The first-order valence-electron chi connectivity index (χ1n) is 5.90. The molecule has 0 radical (unpaired) electrons. The first-order chi connectivity index (χ1) is 8.61. The molecule has 0 unspecified atom stereocenters. The molecule has 1 aromatic rings. The summed E-state index contributed by atoms with van der Waals surface area (Å²) < 4.78 is 6.50. The van der Waals surface area contributed by atoms with Gasteiger partial charge in [-0.25, -0.2) is 0 Å². The quantitative estimate of drug-likeness (QED) is 0.758. The Morgan fingerprint density at radius 1 is 1.44 bits per heavy atom. The van der Waals surface area contributed by atoms with Crippen LogP contribution in [0.5, 0.6) is 5.75 Å². The molecule has 2 N–H and O–H groups in total. The van der Waals surface area contributed by atoms with Crippen molar-refractivity contribution in [3.63, 3.8) is 0 Å². The number of carbonyl (C=O) groups excluding carboxylic acids is 1. The molecule has 100 valence electrons. The number of aliphatic hydroxyl groups is 1. The molecule has 18 heavy (non-hydrogen) atoms. The van der Waals surface area contributed by atoms with Crippen molar-refractivity contribution in [3.05, 3.63) is 28.7 Å². The van der Waals surface area contributed by atoms with Crippen molar-refractivity contribution in [1.82, 2.24) is 5.32 Å². The van der Waals surface area contributed by atoms with E-state index in [9.17, 15) is 4.79 Å². The molecule has 0 aliphatic carbocycles. The Labute approximate surface area is 115 Å². The lowest BCUT2D eigenvalue weighted by atomic mass is 10.2.